The highest BCUT2D eigenvalue weighted by molar-refractivity contribution is 7.91. The number of rotatable bonds is 8. The normalized spacial score (nSPS) is 19.5. The summed E-state index contributed by atoms with van der Waals surface area (Å²) in [6, 6.07) is 4.04. The maximum Gasteiger partial charge on any atom is 0.325 e. The van der Waals surface area contributed by atoms with Gasteiger partial charge in [-0.1, -0.05) is 6.92 Å². The van der Waals surface area contributed by atoms with Crippen LogP contribution in [0.2, 0.25) is 0 Å². The van der Waals surface area contributed by atoms with Crippen LogP contribution in [0, 0.1) is 0 Å². The van der Waals surface area contributed by atoms with Crippen LogP contribution in [0.25, 0.3) is 0 Å². The highest BCUT2D eigenvalue weighted by Crippen LogP contribution is 2.32. The van der Waals surface area contributed by atoms with Crippen molar-refractivity contribution in [2.45, 2.75) is 38.8 Å². The summed E-state index contributed by atoms with van der Waals surface area (Å²) in [7, 11) is -3.16. The van der Waals surface area contributed by atoms with Gasteiger partial charge in [-0.05, 0) is 38.0 Å². The molecule has 1 fully saturated rings. The second-order valence-corrected chi connectivity index (χ2v) is 9.76. The predicted octanol–water partition coefficient (Wildman–Crippen LogP) is 0.503. The van der Waals surface area contributed by atoms with E-state index in [0.29, 0.717) is 29.9 Å². The van der Waals surface area contributed by atoms with Crippen molar-refractivity contribution < 1.29 is 37.0 Å². The van der Waals surface area contributed by atoms with Gasteiger partial charge in [-0.25, -0.2) is 8.42 Å². The Morgan fingerprint density at radius 2 is 2.00 bits per heavy atom. The molecule has 31 heavy (non-hydrogen) atoms. The average molecular weight is 455 g/mol. The first-order chi connectivity index (χ1) is 14.7. The lowest BCUT2D eigenvalue weighted by molar-refractivity contribution is -0.153. The summed E-state index contributed by atoms with van der Waals surface area (Å²) >= 11 is 0. The molecule has 1 N–H and O–H groups in total. The van der Waals surface area contributed by atoms with Gasteiger partial charge in [-0.3, -0.25) is 14.4 Å². The maximum atomic E-state index is 12.7. The molecule has 10 nitrogen and oxygen atoms in total. The molecule has 2 amide bonds. The van der Waals surface area contributed by atoms with E-state index in [2.05, 4.69) is 5.32 Å². The molecule has 1 aromatic carbocycles. The zero-order valence-corrected chi connectivity index (χ0v) is 18.3. The van der Waals surface area contributed by atoms with Crippen molar-refractivity contribution in [1.29, 1.82) is 0 Å². The number of benzene rings is 1. The molecule has 2 atom stereocenters. The summed E-state index contributed by atoms with van der Waals surface area (Å²) in [6.45, 7) is 2.88. The fourth-order valence-corrected chi connectivity index (χ4v) is 5.27. The number of carbonyl (C=O) groups excluding carboxylic acids is 3. The molecule has 0 radical (unpaired) electrons. The molecule has 1 saturated heterocycles. The second kappa shape index (κ2) is 9.54. The predicted molar refractivity (Wildman–Crippen MR) is 110 cm³/mol. The molecule has 2 aliphatic heterocycles. The van der Waals surface area contributed by atoms with Gasteiger partial charge in [0.1, 0.15) is 6.54 Å². The van der Waals surface area contributed by atoms with E-state index in [1.54, 1.807) is 6.07 Å². The molecule has 0 saturated carbocycles. The number of amides is 2. The largest absolute Gasteiger partial charge is 0.454 e. The van der Waals surface area contributed by atoms with Gasteiger partial charge in [0.2, 0.25) is 6.79 Å². The van der Waals surface area contributed by atoms with Crippen LogP contribution in [0.3, 0.4) is 0 Å². The van der Waals surface area contributed by atoms with Crippen LogP contribution in [0.5, 0.6) is 11.5 Å². The maximum absolute atomic E-state index is 12.7. The molecule has 2 aliphatic rings. The van der Waals surface area contributed by atoms with Gasteiger partial charge in [-0.2, -0.15) is 0 Å². The molecular formula is C20H26N2O8S. The van der Waals surface area contributed by atoms with Crippen LogP contribution >= 0.6 is 0 Å². The van der Waals surface area contributed by atoms with Crippen LogP contribution in [0.15, 0.2) is 18.2 Å². The number of nitrogens with one attached hydrogen (secondary N) is 1. The summed E-state index contributed by atoms with van der Waals surface area (Å²) in [5.41, 5.74) is 0.290. The third kappa shape index (κ3) is 5.66. The van der Waals surface area contributed by atoms with E-state index in [4.69, 9.17) is 14.2 Å². The summed E-state index contributed by atoms with van der Waals surface area (Å²) < 4.78 is 39.0. The Balaban J connectivity index is 1.49. The number of hydrogen-bond donors (Lipinski definition) is 1. The van der Waals surface area contributed by atoms with Crippen molar-refractivity contribution in [3.63, 3.8) is 0 Å². The molecule has 0 aliphatic carbocycles. The molecule has 11 heteroatoms. The van der Waals surface area contributed by atoms with Gasteiger partial charge < -0.3 is 24.4 Å². The van der Waals surface area contributed by atoms with E-state index in [1.807, 2.05) is 13.8 Å². The Morgan fingerprint density at radius 3 is 2.68 bits per heavy atom. The molecule has 0 unspecified atom stereocenters. The Kier molecular flexibility index (Phi) is 7.04. The molecule has 0 spiro atoms. The van der Waals surface area contributed by atoms with E-state index >= 15 is 0 Å². The van der Waals surface area contributed by atoms with Gasteiger partial charge in [0, 0.05) is 17.6 Å². The monoisotopic (exact) mass is 454 g/mol. The van der Waals surface area contributed by atoms with Crippen molar-refractivity contribution in [2.24, 2.45) is 0 Å². The third-order valence-corrected chi connectivity index (χ3v) is 7.09. The summed E-state index contributed by atoms with van der Waals surface area (Å²) in [4.78, 5) is 38.4. The Bertz CT molecular complexity index is 962. The molecular weight excluding hydrogens is 428 g/mol. The lowest BCUT2D eigenvalue weighted by Crippen LogP contribution is -2.48. The van der Waals surface area contributed by atoms with E-state index in [9.17, 15) is 22.8 Å². The standard InChI is InChI=1S/C20H26N2O8S/c1-3-13(2)22(15-6-7-31(26,27)11-15)18(23)10-28-19(24)9-21-20(25)14-4-5-16-17(8-14)30-12-29-16/h4-5,8,13,15H,3,6-7,9-12H2,1-2H3,(H,21,25)/t13-,15+/m1/s1. The first-order valence-electron chi connectivity index (χ1n) is 10.0. The SMILES string of the molecule is CC[C@@H](C)N(C(=O)COC(=O)CNC(=O)c1ccc2c(c1)OCO2)[C@H]1CCS(=O)(=O)C1. The van der Waals surface area contributed by atoms with Gasteiger partial charge in [0.05, 0.1) is 11.5 Å². The number of sulfone groups is 1. The highest BCUT2D eigenvalue weighted by atomic mass is 32.2. The van der Waals surface area contributed by atoms with Crippen LogP contribution in [-0.4, -0.2) is 74.6 Å². The van der Waals surface area contributed by atoms with Crippen molar-refractivity contribution >= 4 is 27.6 Å². The van der Waals surface area contributed by atoms with E-state index in [0.717, 1.165) is 0 Å². The molecule has 0 aromatic heterocycles. The topological polar surface area (TPSA) is 128 Å². The zero-order chi connectivity index (χ0) is 22.6. The van der Waals surface area contributed by atoms with E-state index in [-0.39, 0.29) is 24.3 Å². The minimum absolute atomic E-state index is 0.0452. The molecule has 170 valence electrons. The van der Waals surface area contributed by atoms with Crippen molar-refractivity contribution in [2.75, 3.05) is 31.5 Å². The number of nitrogens with zero attached hydrogens (tertiary/aromatic N) is 1. The smallest absolute Gasteiger partial charge is 0.325 e. The number of hydrogen-bond acceptors (Lipinski definition) is 8. The van der Waals surface area contributed by atoms with E-state index in [1.165, 1.54) is 17.0 Å². The second-order valence-electron chi connectivity index (χ2n) is 7.53. The molecule has 1 aromatic rings. The lowest BCUT2D eigenvalue weighted by Gasteiger charge is -2.33. The van der Waals surface area contributed by atoms with Gasteiger partial charge in [0.15, 0.2) is 27.9 Å². The number of esters is 1. The van der Waals surface area contributed by atoms with E-state index < -0.39 is 46.8 Å². The molecule has 0 bridgehead atoms. The van der Waals surface area contributed by atoms with Crippen LogP contribution < -0.4 is 14.8 Å². The van der Waals surface area contributed by atoms with Gasteiger partial charge >= 0.3 is 5.97 Å². The zero-order valence-electron chi connectivity index (χ0n) is 17.5. The minimum Gasteiger partial charge on any atom is -0.454 e. The number of fused-ring (bicyclic) bond motifs is 1. The Labute approximate surface area is 180 Å². The summed E-state index contributed by atoms with van der Waals surface area (Å²) in [5.74, 6) is -0.779. The number of carbonyl (C=O) groups is 3. The fourth-order valence-electron chi connectivity index (χ4n) is 3.56. The molecule has 3 rings (SSSR count). The van der Waals surface area contributed by atoms with Crippen LogP contribution in [0.4, 0.5) is 0 Å². The third-order valence-electron chi connectivity index (χ3n) is 5.34. The van der Waals surface area contributed by atoms with Crippen LogP contribution in [0.1, 0.15) is 37.0 Å². The summed E-state index contributed by atoms with van der Waals surface area (Å²) in [5, 5.41) is 2.43. The minimum atomic E-state index is -3.16. The Morgan fingerprint density at radius 1 is 1.26 bits per heavy atom. The first kappa shape index (κ1) is 22.9. The molecule has 2 heterocycles. The van der Waals surface area contributed by atoms with Crippen LogP contribution in [-0.2, 0) is 24.2 Å². The average Bonchev–Trinajstić information content (AvgIpc) is 3.35. The van der Waals surface area contributed by atoms with Crippen molar-refractivity contribution in [3.05, 3.63) is 23.8 Å². The van der Waals surface area contributed by atoms with Gasteiger partial charge in [-0.15, -0.1) is 0 Å². The number of ether oxygens (including phenoxy) is 3. The first-order valence-corrected chi connectivity index (χ1v) is 11.9. The lowest BCUT2D eigenvalue weighted by atomic mass is 10.1. The quantitative estimate of drug-likeness (QED) is 0.563. The fraction of sp³-hybridized carbons (Fsp3) is 0.550. The van der Waals surface area contributed by atoms with Crippen molar-refractivity contribution in [1.82, 2.24) is 10.2 Å². The highest BCUT2D eigenvalue weighted by Gasteiger charge is 2.36. The summed E-state index contributed by atoms with van der Waals surface area (Å²) in [6.07, 6.45) is 1.01. The Hall–Kier alpha value is -2.82. The van der Waals surface area contributed by atoms with Crippen molar-refractivity contribution in [3.8, 4) is 11.5 Å². The van der Waals surface area contributed by atoms with Gasteiger partial charge in [0.25, 0.3) is 11.8 Å².